The van der Waals surface area contributed by atoms with E-state index in [1.807, 2.05) is 0 Å². The molecule has 2 heterocycles. The summed E-state index contributed by atoms with van der Waals surface area (Å²) >= 11 is 0. The average molecular weight is 285 g/mol. The van der Waals surface area contributed by atoms with Crippen LogP contribution in [-0.2, 0) is 6.54 Å². The molecule has 3 aliphatic rings. The molecule has 114 valence electrons. The van der Waals surface area contributed by atoms with E-state index in [0.717, 1.165) is 18.5 Å². The van der Waals surface area contributed by atoms with Crippen LogP contribution in [0.5, 0.6) is 0 Å². The molecule has 2 aliphatic heterocycles. The van der Waals surface area contributed by atoms with Gasteiger partial charge in [0.1, 0.15) is 0 Å². The summed E-state index contributed by atoms with van der Waals surface area (Å²) in [5.41, 5.74) is 3.04. The number of nitrogens with zero attached hydrogens (tertiary/aromatic N) is 2. The second kappa shape index (κ2) is 6.07. The molecule has 1 atom stereocenters. The van der Waals surface area contributed by atoms with Gasteiger partial charge in [0.05, 0.1) is 0 Å². The largest absolute Gasteiger partial charge is 0.314 e. The van der Waals surface area contributed by atoms with Crippen LogP contribution in [0.15, 0.2) is 24.3 Å². The number of likely N-dealkylation sites (tertiary alicyclic amines) is 1. The number of rotatable bonds is 4. The fourth-order valence-electron chi connectivity index (χ4n) is 3.87. The van der Waals surface area contributed by atoms with Crippen molar-refractivity contribution in [2.24, 2.45) is 0 Å². The van der Waals surface area contributed by atoms with Crippen molar-refractivity contribution >= 4 is 0 Å². The number of hydrogen-bond donors (Lipinski definition) is 1. The summed E-state index contributed by atoms with van der Waals surface area (Å²) in [5.74, 6) is 0.878. The number of nitrogens with one attached hydrogen (secondary N) is 1. The molecule has 3 fully saturated rings. The van der Waals surface area contributed by atoms with Crippen molar-refractivity contribution in [2.75, 3.05) is 39.3 Å². The van der Waals surface area contributed by atoms with Gasteiger partial charge in [0.15, 0.2) is 0 Å². The van der Waals surface area contributed by atoms with Crippen LogP contribution in [0.2, 0.25) is 0 Å². The van der Waals surface area contributed by atoms with Gasteiger partial charge in [-0.05, 0) is 36.3 Å². The Hall–Kier alpha value is -0.900. The van der Waals surface area contributed by atoms with Crippen molar-refractivity contribution in [2.45, 2.75) is 37.8 Å². The van der Waals surface area contributed by atoms with E-state index >= 15 is 0 Å². The summed E-state index contributed by atoms with van der Waals surface area (Å²) in [7, 11) is 0. The highest BCUT2D eigenvalue weighted by Crippen LogP contribution is 2.39. The summed E-state index contributed by atoms with van der Waals surface area (Å²) in [6, 6.07) is 10.2. The van der Waals surface area contributed by atoms with Crippen molar-refractivity contribution in [3.05, 3.63) is 35.4 Å². The van der Waals surface area contributed by atoms with Crippen molar-refractivity contribution < 1.29 is 0 Å². The first kappa shape index (κ1) is 13.7. The first-order valence-corrected chi connectivity index (χ1v) is 8.64. The molecule has 3 nitrogen and oxygen atoms in total. The van der Waals surface area contributed by atoms with Crippen LogP contribution < -0.4 is 5.32 Å². The van der Waals surface area contributed by atoms with E-state index in [9.17, 15) is 0 Å². The minimum atomic E-state index is 0.790. The van der Waals surface area contributed by atoms with E-state index in [-0.39, 0.29) is 0 Å². The Morgan fingerprint density at radius 3 is 2.43 bits per heavy atom. The summed E-state index contributed by atoms with van der Waals surface area (Å²) in [6.45, 7) is 8.44. The van der Waals surface area contributed by atoms with Crippen LogP contribution in [0.4, 0.5) is 0 Å². The smallest absolute Gasteiger partial charge is 0.0236 e. The van der Waals surface area contributed by atoms with E-state index in [1.165, 1.54) is 64.1 Å². The van der Waals surface area contributed by atoms with Gasteiger partial charge in [-0.15, -0.1) is 0 Å². The van der Waals surface area contributed by atoms with Crippen LogP contribution >= 0.6 is 0 Å². The number of piperazine rings is 1. The maximum absolute atomic E-state index is 3.45. The zero-order valence-electron chi connectivity index (χ0n) is 12.9. The second-order valence-electron chi connectivity index (χ2n) is 6.98. The van der Waals surface area contributed by atoms with Crippen molar-refractivity contribution in [1.29, 1.82) is 0 Å². The molecule has 0 spiro atoms. The molecule has 0 radical (unpaired) electrons. The van der Waals surface area contributed by atoms with E-state index in [1.54, 1.807) is 5.56 Å². The molecule has 0 bridgehead atoms. The highest BCUT2D eigenvalue weighted by Gasteiger charge is 2.28. The Balaban J connectivity index is 1.30. The summed E-state index contributed by atoms with van der Waals surface area (Å²) in [4.78, 5) is 5.32. The molecule has 1 aromatic carbocycles. The number of benzene rings is 1. The summed E-state index contributed by atoms with van der Waals surface area (Å²) < 4.78 is 0. The van der Waals surface area contributed by atoms with Crippen molar-refractivity contribution in [3.8, 4) is 0 Å². The zero-order valence-corrected chi connectivity index (χ0v) is 12.9. The van der Waals surface area contributed by atoms with Gasteiger partial charge < -0.3 is 5.32 Å². The van der Waals surface area contributed by atoms with Crippen molar-refractivity contribution in [1.82, 2.24) is 15.1 Å². The maximum Gasteiger partial charge on any atom is 0.0236 e. The van der Waals surface area contributed by atoms with Crippen LogP contribution in [0.3, 0.4) is 0 Å². The quantitative estimate of drug-likeness (QED) is 0.913. The molecule has 3 heteroatoms. The average Bonchev–Trinajstić information content (AvgIpc) is 3.29. The van der Waals surface area contributed by atoms with E-state index < -0.39 is 0 Å². The van der Waals surface area contributed by atoms with E-state index in [0.29, 0.717) is 0 Å². The van der Waals surface area contributed by atoms with Crippen LogP contribution in [0.1, 0.15) is 36.3 Å². The van der Waals surface area contributed by atoms with Gasteiger partial charge in [0.2, 0.25) is 0 Å². The Morgan fingerprint density at radius 1 is 0.952 bits per heavy atom. The second-order valence-corrected chi connectivity index (χ2v) is 6.98. The van der Waals surface area contributed by atoms with Crippen LogP contribution in [0, 0.1) is 0 Å². The van der Waals surface area contributed by atoms with Gasteiger partial charge in [-0.1, -0.05) is 24.3 Å². The van der Waals surface area contributed by atoms with E-state index in [2.05, 4.69) is 39.4 Å². The topological polar surface area (TPSA) is 18.5 Å². The molecule has 1 aliphatic carbocycles. The van der Waals surface area contributed by atoms with Crippen LogP contribution in [-0.4, -0.2) is 55.1 Å². The van der Waals surface area contributed by atoms with Crippen LogP contribution in [0.25, 0.3) is 0 Å². The van der Waals surface area contributed by atoms with E-state index in [4.69, 9.17) is 0 Å². The monoisotopic (exact) mass is 285 g/mol. The third-order valence-corrected chi connectivity index (χ3v) is 5.35. The number of hydrogen-bond acceptors (Lipinski definition) is 3. The third-order valence-electron chi connectivity index (χ3n) is 5.35. The molecular weight excluding hydrogens is 258 g/mol. The first-order chi connectivity index (χ1) is 10.4. The maximum atomic E-state index is 3.45. The Labute approximate surface area is 128 Å². The fraction of sp³-hybridized carbons (Fsp3) is 0.667. The summed E-state index contributed by atoms with van der Waals surface area (Å²) in [5, 5.41) is 3.45. The fourth-order valence-corrected chi connectivity index (χ4v) is 3.87. The zero-order chi connectivity index (χ0) is 14.1. The van der Waals surface area contributed by atoms with Gasteiger partial charge in [-0.25, -0.2) is 0 Å². The molecule has 0 amide bonds. The highest BCUT2D eigenvalue weighted by atomic mass is 15.3. The lowest BCUT2D eigenvalue weighted by Gasteiger charge is -2.32. The summed E-state index contributed by atoms with van der Waals surface area (Å²) in [6.07, 6.45) is 4.15. The normalized spacial score (nSPS) is 28.1. The van der Waals surface area contributed by atoms with Gasteiger partial charge in [-0.3, -0.25) is 9.80 Å². The molecule has 0 aromatic heterocycles. The molecule has 1 saturated carbocycles. The lowest BCUT2D eigenvalue weighted by atomic mass is 10.1. The molecule has 1 aromatic rings. The third kappa shape index (κ3) is 3.31. The van der Waals surface area contributed by atoms with Gasteiger partial charge in [0.25, 0.3) is 0 Å². The molecule has 1 N–H and O–H groups in total. The van der Waals surface area contributed by atoms with Crippen molar-refractivity contribution in [3.63, 3.8) is 0 Å². The predicted molar refractivity (Wildman–Crippen MR) is 86.5 cm³/mol. The van der Waals surface area contributed by atoms with Gasteiger partial charge in [-0.2, -0.15) is 0 Å². The Kier molecular flexibility index (Phi) is 3.97. The van der Waals surface area contributed by atoms with Gasteiger partial charge >= 0.3 is 0 Å². The first-order valence-electron chi connectivity index (χ1n) is 8.64. The minimum absolute atomic E-state index is 0.790. The predicted octanol–water partition coefficient (Wildman–Crippen LogP) is 2.04. The molecule has 4 rings (SSSR count). The Morgan fingerprint density at radius 2 is 1.71 bits per heavy atom. The molecule has 1 unspecified atom stereocenters. The molecular formula is C18H27N3. The Bertz CT molecular complexity index is 460. The highest BCUT2D eigenvalue weighted by molar-refractivity contribution is 5.28. The van der Waals surface area contributed by atoms with Gasteiger partial charge in [0, 0.05) is 51.9 Å². The SMILES string of the molecule is c1cc(C2CC2)ccc1CN1CCC(N2CCNCC2)C1. The lowest BCUT2D eigenvalue weighted by molar-refractivity contribution is 0.170. The minimum Gasteiger partial charge on any atom is -0.314 e. The molecule has 2 saturated heterocycles. The lowest BCUT2D eigenvalue weighted by Crippen LogP contribution is -2.49. The molecule has 21 heavy (non-hydrogen) atoms. The standard InChI is InChI=1S/C18H27N3/c1-3-16(17-5-6-17)4-2-15(1)13-20-10-7-18(14-20)21-11-8-19-9-12-21/h1-4,17-19H,5-14H2.